The monoisotopic (exact) mass is 378 g/mol. The molecule has 0 atom stereocenters. The van der Waals surface area contributed by atoms with Crippen LogP contribution in [0.5, 0.6) is 5.75 Å². The van der Waals surface area contributed by atoms with Gasteiger partial charge in [0, 0.05) is 12.1 Å². The Kier molecular flexibility index (Phi) is 4.94. The molecule has 0 unspecified atom stereocenters. The maximum absolute atomic E-state index is 14.3. The van der Waals surface area contributed by atoms with Crippen molar-refractivity contribution in [3.05, 3.63) is 88.7 Å². The van der Waals surface area contributed by atoms with Crippen LogP contribution < -0.4 is 4.74 Å². The van der Waals surface area contributed by atoms with Crippen LogP contribution in [0.1, 0.15) is 15.9 Å². The van der Waals surface area contributed by atoms with E-state index >= 15 is 0 Å². The first-order valence-corrected chi connectivity index (χ1v) is 7.69. The van der Waals surface area contributed by atoms with E-state index in [9.17, 15) is 26.7 Å². The van der Waals surface area contributed by atoms with E-state index in [0.29, 0.717) is 17.7 Å². The van der Waals surface area contributed by atoms with Crippen molar-refractivity contribution in [3.63, 3.8) is 0 Å². The summed E-state index contributed by atoms with van der Waals surface area (Å²) in [5.41, 5.74) is 0.649. The van der Waals surface area contributed by atoms with Gasteiger partial charge < -0.3 is 4.74 Å². The fourth-order valence-electron chi connectivity index (χ4n) is 2.43. The Balaban J connectivity index is 1.92. The third-order valence-electron chi connectivity index (χ3n) is 3.80. The highest BCUT2D eigenvalue weighted by molar-refractivity contribution is 5.92. The summed E-state index contributed by atoms with van der Waals surface area (Å²) in [5.74, 6) is -9.61. The van der Waals surface area contributed by atoms with Crippen molar-refractivity contribution >= 4 is 5.97 Å². The number of halogens is 5. The van der Waals surface area contributed by atoms with Gasteiger partial charge in [-0.3, -0.25) is 0 Å². The standard InChI is InChI=1S/C20H11F5O2/c1-10-2-4-11(5-3-10)12-6-14(21)18(15(22)7-12)20(26)27-13-8-16(23)19(25)17(24)9-13/h2-9H,1H3. The van der Waals surface area contributed by atoms with Crippen LogP contribution in [0, 0.1) is 36.0 Å². The fourth-order valence-corrected chi connectivity index (χ4v) is 2.43. The molecule has 0 aromatic heterocycles. The second-order valence-corrected chi connectivity index (χ2v) is 5.77. The molecule has 7 heteroatoms. The number of hydrogen-bond donors (Lipinski definition) is 0. The fraction of sp³-hybridized carbons (Fsp3) is 0.0500. The Morgan fingerprint density at radius 3 is 1.78 bits per heavy atom. The topological polar surface area (TPSA) is 26.3 Å². The van der Waals surface area contributed by atoms with Crippen LogP contribution in [0.3, 0.4) is 0 Å². The second kappa shape index (κ2) is 7.19. The summed E-state index contributed by atoms with van der Waals surface area (Å²) in [7, 11) is 0. The van der Waals surface area contributed by atoms with Gasteiger partial charge in [-0.25, -0.2) is 26.7 Å². The molecule has 3 aromatic rings. The molecule has 3 rings (SSSR count). The van der Waals surface area contributed by atoms with Crippen LogP contribution in [0.4, 0.5) is 22.0 Å². The minimum atomic E-state index is -1.75. The summed E-state index contributed by atoms with van der Waals surface area (Å²) >= 11 is 0. The SMILES string of the molecule is Cc1ccc(-c2cc(F)c(C(=O)Oc3cc(F)c(F)c(F)c3)c(F)c2)cc1. The molecule has 0 saturated heterocycles. The average molecular weight is 378 g/mol. The highest BCUT2D eigenvalue weighted by atomic mass is 19.2. The molecule has 0 spiro atoms. The van der Waals surface area contributed by atoms with Gasteiger partial charge in [0.15, 0.2) is 17.5 Å². The lowest BCUT2D eigenvalue weighted by atomic mass is 10.0. The quantitative estimate of drug-likeness (QED) is 0.258. The van der Waals surface area contributed by atoms with Gasteiger partial charge in [0.05, 0.1) is 0 Å². The number of ether oxygens (including phenoxy) is 1. The van der Waals surface area contributed by atoms with Gasteiger partial charge in [0.2, 0.25) is 0 Å². The molecule has 0 aliphatic carbocycles. The van der Waals surface area contributed by atoms with E-state index in [-0.39, 0.29) is 5.56 Å². The zero-order chi connectivity index (χ0) is 19.7. The lowest BCUT2D eigenvalue weighted by molar-refractivity contribution is 0.0723. The van der Waals surface area contributed by atoms with Crippen molar-refractivity contribution in [3.8, 4) is 16.9 Å². The molecule has 138 valence electrons. The van der Waals surface area contributed by atoms with E-state index in [1.807, 2.05) is 6.92 Å². The highest BCUT2D eigenvalue weighted by Gasteiger charge is 2.22. The van der Waals surface area contributed by atoms with E-state index in [0.717, 1.165) is 17.7 Å². The Bertz CT molecular complexity index is 983. The lowest BCUT2D eigenvalue weighted by Gasteiger charge is -2.09. The molecule has 0 N–H and O–H groups in total. The molecule has 0 aliphatic heterocycles. The summed E-state index contributed by atoms with van der Waals surface area (Å²) in [6.07, 6.45) is 0. The van der Waals surface area contributed by atoms with Crippen LogP contribution in [-0.4, -0.2) is 5.97 Å². The number of hydrogen-bond acceptors (Lipinski definition) is 2. The predicted octanol–water partition coefficient (Wildman–Crippen LogP) is 5.58. The van der Waals surface area contributed by atoms with Gasteiger partial charge in [-0.15, -0.1) is 0 Å². The van der Waals surface area contributed by atoms with Gasteiger partial charge in [0.25, 0.3) is 0 Å². The zero-order valence-electron chi connectivity index (χ0n) is 13.8. The molecule has 0 heterocycles. The van der Waals surface area contributed by atoms with Crippen molar-refractivity contribution in [1.82, 2.24) is 0 Å². The van der Waals surface area contributed by atoms with Crippen molar-refractivity contribution in [2.75, 3.05) is 0 Å². The summed E-state index contributed by atoms with van der Waals surface area (Å²) < 4.78 is 72.4. The number of benzene rings is 3. The number of carbonyl (C=O) groups is 1. The molecular weight excluding hydrogens is 367 g/mol. The number of rotatable bonds is 3. The molecule has 0 amide bonds. The maximum atomic E-state index is 14.3. The van der Waals surface area contributed by atoms with E-state index in [1.165, 1.54) is 0 Å². The summed E-state index contributed by atoms with van der Waals surface area (Å²) in [6.45, 7) is 1.85. The first-order valence-electron chi connectivity index (χ1n) is 7.69. The van der Waals surface area contributed by atoms with Crippen molar-refractivity contribution < 1.29 is 31.5 Å². The van der Waals surface area contributed by atoms with Crippen LogP contribution >= 0.6 is 0 Å². The number of esters is 1. The summed E-state index contributed by atoms with van der Waals surface area (Å²) in [4.78, 5) is 12.0. The minimum absolute atomic E-state index is 0.195. The van der Waals surface area contributed by atoms with Crippen LogP contribution in [-0.2, 0) is 0 Å². The largest absolute Gasteiger partial charge is 0.423 e. The van der Waals surface area contributed by atoms with Gasteiger partial charge in [0.1, 0.15) is 22.9 Å². The minimum Gasteiger partial charge on any atom is -0.423 e. The normalized spacial score (nSPS) is 10.7. The maximum Gasteiger partial charge on any atom is 0.349 e. The lowest BCUT2D eigenvalue weighted by Crippen LogP contribution is -2.14. The zero-order valence-corrected chi connectivity index (χ0v) is 13.8. The number of aryl methyl sites for hydroxylation is 1. The van der Waals surface area contributed by atoms with Crippen molar-refractivity contribution in [1.29, 1.82) is 0 Å². The summed E-state index contributed by atoms with van der Waals surface area (Å²) in [6, 6.07) is 9.50. The highest BCUT2D eigenvalue weighted by Crippen LogP contribution is 2.26. The third kappa shape index (κ3) is 3.81. The molecule has 0 radical (unpaired) electrons. The Labute approximate surface area is 150 Å². The Morgan fingerprint density at radius 2 is 1.26 bits per heavy atom. The Morgan fingerprint density at radius 1 is 0.741 bits per heavy atom. The van der Waals surface area contributed by atoms with Crippen molar-refractivity contribution in [2.45, 2.75) is 6.92 Å². The van der Waals surface area contributed by atoms with Crippen LogP contribution in [0.25, 0.3) is 11.1 Å². The molecule has 27 heavy (non-hydrogen) atoms. The molecule has 0 bridgehead atoms. The molecule has 0 fully saturated rings. The third-order valence-corrected chi connectivity index (χ3v) is 3.80. The smallest absolute Gasteiger partial charge is 0.349 e. The molecule has 0 aliphatic rings. The van der Waals surface area contributed by atoms with Gasteiger partial charge in [-0.2, -0.15) is 0 Å². The van der Waals surface area contributed by atoms with Gasteiger partial charge >= 0.3 is 5.97 Å². The second-order valence-electron chi connectivity index (χ2n) is 5.77. The Hall–Kier alpha value is -3.22. The first kappa shape index (κ1) is 18.6. The van der Waals surface area contributed by atoms with Crippen LogP contribution in [0.2, 0.25) is 0 Å². The van der Waals surface area contributed by atoms with Gasteiger partial charge in [-0.05, 0) is 30.2 Å². The van der Waals surface area contributed by atoms with Gasteiger partial charge in [-0.1, -0.05) is 29.8 Å². The van der Waals surface area contributed by atoms with E-state index in [4.69, 9.17) is 0 Å². The van der Waals surface area contributed by atoms with Crippen molar-refractivity contribution in [2.24, 2.45) is 0 Å². The van der Waals surface area contributed by atoms with E-state index in [2.05, 4.69) is 4.74 Å². The average Bonchev–Trinajstić information content (AvgIpc) is 2.59. The molecular formula is C20H11F5O2. The molecule has 0 saturated carbocycles. The number of carbonyl (C=O) groups excluding carboxylic acids is 1. The van der Waals surface area contributed by atoms with E-state index < -0.39 is 46.4 Å². The first-order chi connectivity index (χ1) is 12.8. The summed E-state index contributed by atoms with van der Waals surface area (Å²) in [5, 5.41) is 0. The molecule has 3 aromatic carbocycles. The van der Waals surface area contributed by atoms with Crippen LogP contribution in [0.15, 0.2) is 48.5 Å². The van der Waals surface area contributed by atoms with E-state index in [1.54, 1.807) is 24.3 Å². The predicted molar refractivity (Wildman–Crippen MR) is 87.8 cm³/mol. The molecule has 2 nitrogen and oxygen atoms in total.